The van der Waals surface area contributed by atoms with Gasteiger partial charge < -0.3 is 29.9 Å². The van der Waals surface area contributed by atoms with Crippen molar-refractivity contribution in [2.75, 3.05) is 0 Å². The minimum absolute atomic E-state index is 0.133. The molecule has 1 aromatic carbocycles. The van der Waals surface area contributed by atoms with Crippen LogP contribution in [0.4, 0.5) is 0 Å². The Morgan fingerprint density at radius 3 is 2.80 bits per heavy atom. The van der Waals surface area contributed by atoms with E-state index in [9.17, 15) is 20.1 Å². The van der Waals surface area contributed by atoms with Crippen molar-refractivity contribution >= 4 is 5.97 Å². The van der Waals surface area contributed by atoms with E-state index in [0.29, 0.717) is 31.6 Å². The number of carbonyl (C=O) groups is 1. The second-order valence-corrected chi connectivity index (χ2v) is 7.89. The molecule has 30 heavy (non-hydrogen) atoms. The maximum Gasteiger partial charge on any atom is 0.303 e. The van der Waals surface area contributed by atoms with Gasteiger partial charge in [-0.25, -0.2) is 0 Å². The summed E-state index contributed by atoms with van der Waals surface area (Å²) in [6.07, 6.45) is 6.20. The zero-order valence-corrected chi connectivity index (χ0v) is 16.8. The molecule has 0 radical (unpaired) electrons. The number of unbranched alkanes of at least 4 members (excludes halogenated alkanes) is 1. The molecule has 0 amide bonds. The quantitative estimate of drug-likeness (QED) is 0.359. The number of carboxylic acid groups (broad SMARTS) is 1. The predicted octanol–water partition coefficient (Wildman–Crippen LogP) is 2.40. The van der Waals surface area contributed by atoms with Crippen molar-refractivity contribution in [3.63, 3.8) is 0 Å². The average molecular weight is 418 g/mol. The van der Waals surface area contributed by atoms with E-state index in [1.54, 1.807) is 12.2 Å². The molecule has 0 spiro atoms. The summed E-state index contributed by atoms with van der Waals surface area (Å²) in [5.74, 6) is -0.596. The van der Waals surface area contributed by atoms with Gasteiger partial charge in [0.05, 0.1) is 18.8 Å². The summed E-state index contributed by atoms with van der Waals surface area (Å²) < 4.78 is 11.3. The van der Waals surface area contributed by atoms with Gasteiger partial charge in [-0.2, -0.15) is 0 Å². The first kappa shape index (κ1) is 22.5. The van der Waals surface area contributed by atoms with Crippen LogP contribution < -0.4 is 4.74 Å². The van der Waals surface area contributed by atoms with Crippen molar-refractivity contribution < 1.29 is 34.7 Å². The fourth-order valence-electron chi connectivity index (χ4n) is 4.02. The Hall–Kier alpha value is -2.19. The van der Waals surface area contributed by atoms with E-state index in [2.05, 4.69) is 0 Å². The third-order valence-corrected chi connectivity index (χ3v) is 5.68. The van der Waals surface area contributed by atoms with Crippen molar-refractivity contribution in [2.24, 2.45) is 11.8 Å². The van der Waals surface area contributed by atoms with E-state index in [-0.39, 0.29) is 24.7 Å². The molecule has 4 N–H and O–H groups in total. The summed E-state index contributed by atoms with van der Waals surface area (Å²) in [5, 5.41) is 39.8. The Morgan fingerprint density at radius 2 is 2.00 bits per heavy atom. The molecule has 0 bridgehead atoms. The second kappa shape index (κ2) is 10.7. The van der Waals surface area contributed by atoms with Gasteiger partial charge in [0.1, 0.15) is 11.9 Å². The van der Waals surface area contributed by atoms with Crippen LogP contribution in [-0.2, 0) is 16.1 Å². The largest absolute Gasteiger partial charge is 0.481 e. The Morgan fingerprint density at radius 1 is 1.20 bits per heavy atom. The Kier molecular flexibility index (Phi) is 8.04. The summed E-state index contributed by atoms with van der Waals surface area (Å²) in [4.78, 5) is 10.5. The van der Waals surface area contributed by atoms with Crippen molar-refractivity contribution in [2.45, 2.75) is 63.3 Å². The van der Waals surface area contributed by atoms with Gasteiger partial charge in [-0.3, -0.25) is 4.79 Å². The third-order valence-electron chi connectivity index (χ3n) is 5.68. The number of fused-ring (bicyclic) bond motifs is 1. The van der Waals surface area contributed by atoms with Crippen molar-refractivity contribution in [1.82, 2.24) is 0 Å². The van der Waals surface area contributed by atoms with E-state index in [4.69, 9.17) is 14.6 Å². The van der Waals surface area contributed by atoms with Crippen LogP contribution in [0, 0.1) is 11.8 Å². The molecule has 7 nitrogen and oxygen atoms in total. The van der Waals surface area contributed by atoms with Crippen molar-refractivity contribution in [3.05, 3.63) is 54.1 Å². The molecule has 1 fully saturated rings. The van der Waals surface area contributed by atoms with Gasteiger partial charge in [0, 0.05) is 24.3 Å². The van der Waals surface area contributed by atoms with Crippen LogP contribution in [0.3, 0.4) is 0 Å². The van der Waals surface area contributed by atoms with Crippen molar-refractivity contribution in [1.29, 1.82) is 0 Å². The highest BCUT2D eigenvalue weighted by Crippen LogP contribution is 2.36. The SMILES string of the molecule is O=C(O)CCCC=CC[C@@H]1[C@@H](C=C[C@H](O)C2OCc3ccccc3O2)[C@H](O)C[C@@H]1O. The number of hydrogen-bond acceptors (Lipinski definition) is 6. The van der Waals surface area contributed by atoms with Gasteiger partial charge in [-0.1, -0.05) is 42.5 Å². The minimum Gasteiger partial charge on any atom is -0.481 e. The minimum atomic E-state index is -1.00. The predicted molar refractivity (Wildman–Crippen MR) is 110 cm³/mol. The van der Waals surface area contributed by atoms with Crippen LogP contribution in [0.15, 0.2) is 48.6 Å². The lowest BCUT2D eigenvalue weighted by Gasteiger charge is -2.28. The Balaban J connectivity index is 1.54. The zero-order valence-electron chi connectivity index (χ0n) is 16.8. The van der Waals surface area contributed by atoms with Gasteiger partial charge in [-0.15, -0.1) is 0 Å². The summed E-state index contributed by atoms with van der Waals surface area (Å²) in [5.41, 5.74) is 0.925. The average Bonchev–Trinajstić information content (AvgIpc) is 3.00. The summed E-state index contributed by atoms with van der Waals surface area (Å²) in [6, 6.07) is 7.50. The number of ether oxygens (including phenoxy) is 2. The van der Waals surface area contributed by atoms with E-state index in [1.807, 2.05) is 36.4 Å². The van der Waals surface area contributed by atoms with E-state index >= 15 is 0 Å². The smallest absolute Gasteiger partial charge is 0.303 e. The number of hydrogen-bond donors (Lipinski definition) is 4. The molecule has 0 aromatic heterocycles. The lowest BCUT2D eigenvalue weighted by molar-refractivity contribution is -0.152. The van der Waals surface area contributed by atoms with Crippen LogP contribution >= 0.6 is 0 Å². The maximum absolute atomic E-state index is 10.5. The van der Waals surface area contributed by atoms with Crippen LogP contribution in [-0.4, -0.2) is 51.0 Å². The highest BCUT2D eigenvalue weighted by molar-refractivity contribution is 5.66. The molecule has 1 aliphatic carbocycles. The molecule has 7 heteroatoms. The molecule has 1 aromatic rings. The Labute approximate surface area is 176 Å². The number of carboxylic acids is 1. The first-order chi connectivity index (χ1) is 14.5. The molecule has 6 atom stereocenters. The Bertz CT molecular complexity index is 760. The number of rotatable bonds is 9. The van der Waals surface area contributed by atoms with Crippen LogP contribution in [0.2, 0.25) is 0 Å². The molecule has 1 saturated carbocycles. The molecule has 1 unspecified atom stereocenters. The monoisotopic (exact) mass is 418 g/mol. The molecule has 1 heterocycles. The van der Waals surface area contributed by atoms with E-state index in [0.717, 1.165) is 5.56 Å². The molecule has 0 saturated heterocycles. The number of aliphatic hydroxyl groups excluding tert-OH is 3. The fourth-order valence-corrected chi connectivity index (χ4v) is 4.02. The molecular formula is C23H30O7. The molecular weight excluding hydrogens is 388 g/mol. The van der Waals surface area contributed by atoms with Gasteiger partial charge in [-0.05, 0) is 31.2 Å². The molecule has 3 rings (SSSR count). The zero-order chi connectivity index (χ0) is 21.5. The van der Waals surface area contributed by atoms with Gasteiger partial charge in [0.15, 0.2) is 0 Å². The lowest BCUT2D eigenvalue weighted by atomic mass is 9.89. The molecule has 164 valence electrons. The summed E-state index contributed by atoms with van der Waals surface area (Å²) >= 11 is 0. The van der Waals surface area contributed by atoms with Gasteiger partial charge in [0.2, 0.25) is 6.29 Å². The molecule has 1 aliphatic heterocycles. The molecule has 2 aliphatic rings. The van der Waals surface area contributed by atoms with Crippen LogP contribution in [0.1, 0.15) is 37.7 Å². The number of para-hydroxylation sites is 1. The summed E-state index contributed by atoms with van der Waals surface area (Å²) in [6.45, 7) is 0.353. The first-order valence-corrected chi connectivity index (χ1v) is 10.4. The number of aliphatic hydroxyl groups is 3. The maximum atomic E-state index is 10.5. The number of benzene rings is 1. The van der Waals surface area contributed by atoms with Crippen molar-refractivity contribution in [3.8, 4) is 5.75 Å². The standard InChI is InChI=1S/C23H30O7/c24-18(23-29-14-15-7-5-6-9-21(15)30-23)12-11-17-16(19(25)13-20(17)26)8-3-1-2-4-10-22(27)28/h1,3,5-7,9,11-12,16-20,23-26H,2,4,8,10,13-14H2,(H,27,28)/t16-,17-,18+,19+,20-,23?/m1/s1. The topological polar surface area (TPSA) is 116 Å². The lowest BCUT2D eigenvalue weighted by Crippen LogP contribution is -2.36. The second-order valence-electron chi connectivity index (χ2n) is 7.89. The van der Waals surface area contributed by atoms with Gasteiger partial charge >= 0.3 is 5.97 Å². The third kappa shape index (κ3) is 5.92. The highest BCUT2D eigenvalue weighted by Gasteiger charge is 2.39. The van der Waals surface area contributed by atoms with Crippen LogP contribution in [0.25, 0.3) is 0 Å². The fraction of sp³-hybridized carbons (Fsp3) is 0.522. The summed E-state index contributed by atoms with van der Waals surface area (Å²) in [7, 11) is 0. The first-order valence-electron chi connectivity index (χ1n) is 10.4. The van der Waals surface area contributed by atoms with Gasteiger partial charge in [0.25, 0.3) is 0 Å². The number of aliphatic carboxylic acids is 1. The number of allylic oxidation sites excluding steroid dienone is 2. The van der Waals surface area contributed by atoms with Crippen LogP contribution in [0.5, 0.6) is 5.75 Å². The van der Waals surface area contributed by atoms with E-state index in [1.165, 1.54) is 0 Å². The highest BCUT2D eigenvalue weighted by atomic mass is 16.7. The van der Waals surface area contributed by atoms with E-state index < -0.39 is 30.6 Å². The normalized spacial score (nSPS) is 29.8.